The van der Waals surface area contributed by atoms with Crippen LogP contribution in [0.4, 0.5) is 0 Å². The van der Waals surface area contributed by atoms with Gasteiger partial charge in [0, 0.05) is 18.5 Å². The van der Waals surface area contributed by atoms with E-state index in [0.29, 0.717) is 6.54 Å². The summed E-state index contributed by atoms with van der Waals surface area (Å²) in [6.07, 6.45) is 5.52. The highest BCUT2D eigenvalue weighted by atomic mass is 16.5. The summed E-state index contributed by atoms with van der Waals surface area (Å²) in [7, 11) is 0. The lowest BCUT2D eigenvalue weighted by atomic mass is 9.98. The highest BCUT2D eigenvalue weighted by Gasteiger charge is 2.24. The monoisotopic (exact) mass is 201 g/mol. The summed E-state index contributed by atoms with van der Waals surface area (Å²) in [6.45, 7) is 1.47. The summed E-state index contributed by atoms with van der Waals surface area (Å²) in [5.74, 6) is 1.08. The van der Waals surface area contributed by atoms with E-state index in [4.69, 9.17) is 10.5 Å². The molecule has 1 aromatic carbocycles. The van der Waals surface area contributed by atoms with Crippen LogP contribution in [0.15, 0.2) is 18.2 Å². The SMILES string of the molecule is NC/C=C1/CCc2ccc3c(c21)CCO3. The number of benzene rings is 1. The molecule has 0 saturated heterocycles. The van der Waals surface area contributed by atoms with E-state index in [9.17, 15) is 0 Å². The molecule has 1 heterocycles. The Labute approximate surface area is 89.7 Å². The zero-order valence-corrected chi connectivity index (χ0v) is 8.75. The number of nitrogens with two attached hydrogens (primary N) is 1. The first kappa shape index (κ1) is 8.98. The second-order valence-electron chi connectivity index (χ2n) is 4.14. The van der Waals surface area contributed by atoms with Crippen LogP contribution in [-0.2, 0) is 12.8 Å². The van der Waals surface area contributed by atoms with Gasteiger partial charge in [-0.2, -0.15) is 0 Å². The van der Waals surface area contributed by atoms with Gasteiger partial charge in [0.05, 0.1) is 6.61 Å². The molecule has 2 nitrogen and oxygen atoms in total. The van der Waals surface area contributed by atoms with Crippen LogP contribution < -0.4 is 10.5 Å². The van der Waals surface area contributed by atoms with Crippen LogP contribution in [-0.4, -0.2) is 13.2 Å². The van der Waals surface area contributed by atoms with Crippen LogP contribution in [0, 0.1) is 0 Å². The molecule has 78 valence electrons. The maximum atomic E-state index is 5.60. The van der Waals surface area contributed by atoms with E-state index in [1.54, 1.807) is 0 Å². The molecule has 0 spiro atoms. The minimum Gasteiger partial charge on any atom is -0.493 e. The van der Waals surface area contributed by atoms with Gasteiger partial charge in [-0.25, -0.2) is 0 Å². The molecular weight excluding hydrogens is 186 g/mol. The van der Waals surface area contributed by atoms with Crippen molar-refractivity contribution in [1.29, 1.82) is 0 Å². The highest BCUT2D eigenvalue weighted by Crippen LogP contribution is 2.40. The van der Waals surface area contributed by atoms with Gasteiger partial charge in [0.25, 0.3) is 0 Å². The molecule has 0 radical (unpaired) electrons. The lowest BCUT2D eigenvalue weighted by molar-refractivity contribution is 0.357. The van der Waals surface area contributed by atoms with Gasteiger partial charge in [-0.3, -0.25) is 0 Å². The third-order valence-corrected chi connectivity index (χ3v) is 3.31. The third kappa shape index (κ3) is 1.29. The first-order valence-corrected chi connectivity index (χ1v) is 5.57. The summed E-state index contributed by atoms with van der Waals surface area (Å²) in [5.41, 5.74) is 11.3. The van der Waals surface area contributed by atoms with E-state index in [-0.39, 0.29) is 0 Å². The molecule has 0 bridgehead atoms. The molecule has 3 rings (SSSR count). The van der Waals surface area contributed by atoms with Gasteiger partial charge < -0.3 is 10.5 Å². The van der Waals surface area contributed by atoms with Crippen LogP contribution in [0.3, 0.4) is 0 Å². The predicted octanol–water partition coefficient (Wildman–Crippen LogP) is 1.91. The molecular formula is C13H15NO. The standard InChI is InChI=1S/C13H15NO/c14-7-5-10-2-1-9-3-4-12-11(13(9)10)6-8-15-12/h3-5H,1-2,6-8,14H2/b10-5-. The first-order valence-electron chi connectivity index (χ1n) is 5.57. The second kappa shape index (κ2) is 3.38. The van der Waals surface area contributed by atoms with E-state index in [2.05, 4.69) is 18.2 Å². The Bertz CT molecular complexity index is 434. The Balaban J connectivity index is 2.18. The molecule has 0 fully saturated rings. The number of hydrogen-bond donors (Lipinski definition) is 1. The first-order chi connectivity index (χ1) is 7.40. The smallest absolute Gasteiger partial charge is 0.123 e. The minimum atomic E-state index is 0.638. The molecule has 1 aromatic rings. The van der Waals surface area contributed by atoms with Crippen molar-refractivity contribution in [2.24, 2.45) is 5.73 Å². The molecule has 1 aliphatic carbocycles. The average molecular weight is 201 g/mol. The molecule has 0 saturated carbocycles. The third-order valence-electron chi connectivity index (χ3n) is 3.31. The lowest BCUT2D eigenvalue weighted by Gasteiger charge is -2.07. The van der Waals surface area contributed by atoms with Gasteiger partial charge in [-0.05, 0) is 35.6 Å². The summed E-state index contributed by atoms with van der Waals surface area (Å²) in [5, 5.41) is 0. The fraction of sp³-hybridized carbons (Fsp3) is 0.385. The van der Waals surface area contributed by atoms with Crippen LogP contribution in [0.25, 0.3) is 5.57 Å². The summed E-state index contributed by atoms with van der Waals surface area (Å²) in [4.78, 5) is 0. The van der Waals surface area contributed by atoms with Crippen molar-refractivity contribution < 1.29 is 4.74 Å². The van der Waals surface area contributed by atoms with Gasteiger partial charge in [0.1, 0.15) is 5.75 Å². The van der Waals surface area contributed by atoms with E-state index in [1.807, 2.05) is 0 Å². The Morgan fingerprint density at radius 3 is 3.07 bits per heavy atom. The Kier molecular flexibility index (Phi) is 2.03. The average Bonchev–Trinajstić information content (AvgIpc) is 2.83. The van der Waals surface area contributed by atoms with Crippen LogP contribution >= 0.6 is 0 Å². The van der Waals surface area contributed by atoms with E-state index >= 15 is 0 Å². The maximum Gasteiger partial charge on any atom is 0.123 e. The number of fused-ring (bicyclic) bond motifs is 3. The van der Waals surface area contributed by atoms with E-state index < -0.39 is 0 Å². The Hall–Kier alpha value is -1.28. The normalized spacial score (nSPS) is 20.2. The minimum absolute atomic E-state index is 0.638. The number of hydrogen-bond acceptors (Lipinski definition) is 2. The summed E-state index contributed by atoms with van der Waals surface area (Å²) < 4.78 is 5.59. The molecule has 2 aliphatic rings. The number of ether oxygens (including phenoxy) is 1. The highest BCUT2D eigenvalue weighted by molar-refractivity contribution is 5.77. The number of rotatable bonds is 1. The van der Waals surface area contributed by atoms with Gasteiger partial charge in [0.15, 0.2) is 0 Å². The van der Waals surface area contributed by atoms with Crippen LogP contribution in [0.2, 0.25) is 0 Å². The number of allylic oxidation sites excluding steroid dienone is 1. The molecule has 15 heavy (non-hydrogen) atoms. The van der Waals surface area contributed by atoms with Gasteiger partial charge in [-0.1, -0.05) is 12.1 Å². The Morgan fingerprint density at radius 2 is 2.20 bits per heavy atom. The molecule has 2 heteroatoms. The van der Waals surface area contributed by atoms with Crippen molar-refractivity contribution in [1.82, 2.24) is 0 Å². The topological polar surface area (TPSA) is 35.2 Å². The van der Waals surface area contributed by atoms with Crippen molar-refractivity contribution in [3.8, 4) is 5.75 Å². The molecule has 0 atom stereocenters. The molecule has 0 amide bonds. The van der Waals surface area contributed by atoms with Crippen molar-refractivity contribution in [3.63, 3.8) is 0 Å². The summed E-state index contributed by atoms with van der Waals surface area (Å²) >= 11 is 0. The van der Waals surface area contributed by atoms with Crippen molar-refractivity contribution in [3.05, 3.63) is 34.9 Å². The molecule has 0 unspecified atom stereocenters. The van der Waals surface area contributed by atoms with Crippen LogP contribution in [0.5, 0.6) is 5.75 Å². The van der Waals surface area contributed by atoms with E-state index in [1.165, 1.54) is 22.3 Å². The van der Waals surface area contributed by atoms with Gasteiger partial charge >= 0.3 is 0 Å². The number of aryl methyl sites for hydroxylation is 1. The zero-order valence-electron chi connectivity index (χ0n) is 8.75. The quantitative estimate of drug-likeness (QED) is 0.753. The summed E-state index contributed by atoms with van der Waals surface area (Å²) in [6, 6.07) is 4.32. The van der Waals surface area contributed by atoms with Crippen molar-refractivity contribution in [2.75, 3.05) is 13.2 Å². The fourth-order valence-electron chi connectivity index (χ4n) is 2.67. The van der Waals surface area contributed by atoms with Gasteiger partial charge in [-0.15, -0.1) is 0 Å². The molecule has 2 N–H and O–H groups in total. The fourth-order valence-corrected chi connectivity index (χ4v) is 2.67. The molecule has 1 aliphatic heterocycles. The van der Waals surface area contributed by atoms with Crippen LogP contribution in [0.1, 0.15) is 23.1 Å². The predicted molar refractivity (Wildman–Crippen MR) is 61.0 cm³/mol. The van der Waals surface area contributed by atoms with Crippen molar-refractivity contribution >= 4 is 5.57 Å². The largest absolute Gasteiger partial charge is 0.493 e. The van der Waals surface area contributed by atoms with Gasteiger partial charge in [0.2, 0.25) is 0 Å². The molecule has 0 aromatic heterocycles. The van der Waals surface area contributed by atoms with Crippen molar-refractivity contribution in [2.45, 2.75) is 19.3 Å². The Morgan fingerprint density at radius 1 is 1.27 bits per heavy atom. The lowest BCUT2D eigenvalue weighted by Crippen LogP contribution is -1.96. The van der Waals surface area contributed by atoms with E-state index in [0.717, 1.165) is 31.6 Å². The second-order valence-corrected chi connectivity index (χ2v) is 4.14. The maximum absolute atomic E-state index is 5.60. The zero-order chi connectivity index (χ0) is 10.3.